The number of ketones is 2. The second-order valence-electron chi connectivity index (χ2n) is 3.58. The van der Waals surface area contributed by atoms with Gasteiger partial charge in [0.05, 0.1) is 11.2 Å². The highest BCUT2D eigenvalue weighted by Crippen LogP contribution is 2.45. The van der Waals surface area contributed by atoms with Crippen LogP contribution < -0.4 is 0 Å². The molecular weight excluding hydrogens is 172 g/mol. The van der Waals surface area contributed by atoms with Gasteiger partial charge in [-0.25, -0.2) is 0 Å². The third-order valence-electron chi connectivity index (χ3n) is 2.78. The summed E-state index contributed by atoms with van der Waals surface area (Å²) < 4.78 is -0.131. The van der Waals surface area contributed by atoms with Crippen LogP contribution in [0.1, 0.15) is 32.1 Å². The Labute approximate surface area is 76.1 Å². The van der Waals surface area contributed by atoms with E-state index in [2.05, 4.69) is 0 Å². The Morgan fingerprint density at radius 3 is 2.67 bits per heavy atom. The maximum Gasteiger partial charge on any atom is 0.156 e. The van der Waals surface area contributed by atoms with Crippen LogP contribution in [0, 0.1) is 0 Å². The van der Waals surface area contributed by atoms with E-state index >= 15 is 0 Å². The van der Waals surface area contributed by atoms with E-state index in [1.165, 1.54) is 0 Å². The second kappa shape index (κ2) is 2.87. The van der Waals surface area contributed by atoms with Gasteiger partial charge in [0.1, 0.15) is 5.78 Å². The van der Waals surface area contributed by atoms with E-state index in [4.69, 9.17) is 0 Å². The minimum atomic E-state index is -0.131. The van der Waals surface area contributed by atoms with Gasteiger partial charge in [-0.2, -0.15) is 0 Å². The fourth-order valence-corrected chi connectivity index (χ4v) is 3.47. The SMILES string of the molecule is O=C1CCC2(CCCS2)C(=O)C1. The first-order valence-corrected chi connectivity index (χ1v) is 5.40. The van der Waals surface area contributed by atoms with Crippen LogP contribution in [-0.2, 0) is 9.59 Å². The van der Waals surface area contributed by atoms with E-state index < -0.39 is 0 Å². The minimum Gasteiger partial charge on any atom is -0.299 e. The van der Waals surface area contributed by atoms with Crippen molar-refractivity contribution < 1.29 is 9.59 Å². The smallest absolute Gasteiger partial charge is 0.156 e. The van der Waals surface area contributed by atoms with Crippen LogP contribution >= 0.6 is 11.8 Å². The number of hydrogen-bond donors (Lipinski definition) is 0. The monoisotopic (exact) mass is 184 g/mol. The molecule has 2 fully saturated rings. The number of rotatable bonds is 0. The van der Waals surface area contributed by atoms with E-state index in [1.807, 2.05) is 0 Å². The van der Waals surface area contributed by atoms with E-state index in [0.29, 0.717) is 6.42 Å². The van der Waals surface area contributed by atoms with Gasteiger partial charge in [-0.15, -0.1) is 11.8 Å². The molecule has 1 atom stereocenters. The molecule has 1 aliphatic heterocycles. The Kier molecular flexibility index (Phi) is 1.99. The molecule has 3 heteroatoms. The molecule has 2 nitrogen and oxygen atoms in total. The zero-order chi connectivity index (χ0) is 8.60. The van der Waals surface area contributed by atoms with Gasteiger partial charge in [0, 0.05) is 6.42 Å². The summed E-state index contributed by atoms with van der Waals surface area (Å²) in [5.74, 6) is 1.43. The van der Waals surface area contributed by atoms with Crippen molar-refractivity contribution in [3.8, 4) is 0 Å². The van der Waals surface area contributed by atoms with Gasteiger partial charge in [-0.1, -0.05) is 0 Å². The molecule has 1 aliphatic carbocycles. The molecular formula is C9H12O2S. The molecule has 1 heterocycles. The standard InChI is InChI=1S/C9H12O2S/c10-7-2-4-9(8(11)6-7)3-1-5-12-9/h1-6H2. The van der Waals surface area contributed by atoms with Crippen molar-refractivity contribution in [2.24, 2.45) is 0 Å². The first-order valence-electron chi connectivity index (χ1n) is 4.42. The lowest BCUT2D eigenvalue weighted by atomic mass is 9.84. The third-order valence-corrected chi connectivity index (χ3v) is 4.46. The molecule has 0 bridgehead atoms. The molecule has 1 unspecified atom stereocenters. The van der Waals surface area contributed by atoms with Gasteiger partial charge in [-0.3, -0.25) is 9.59 Å². The Bertz CT molecular complexity index is 229. The predicted molar refractivity (Wildman–Crippen MR) is 48.3 cm³/mol. The Morgan fingerprint density at radius 2 is 2.08 bits per heavy atom. The Balaban J connectivity index is 2.16. The summed E-state index contributed by atoms with van der Waals surface area (Å²) in [6.07, 6.45) is 3.77. The molecule has 0 N–H and O–H groups in total. The zero-order valence-electron chi connectivity index (χ0n) is 6.97. The molecule has 66 valence electrons. The van der Waals surface area contributed by atoms with E-state index in [1.54, 1.807) is 11.8 Å². The van der Waals surface area contributed by atoms with Crippen LogP contribution in [0.4, 0.5) is 0 Å². The third kappa shape index (κ3) is 1.20. The fraction of sp³-hybridized carbons (Fsp3) is 0.778. The highest BCUT2D eigenvalue weighted by molar-refractivity contribution is 8.01. The largest absolute Gasteiger partial charge is 0.299 e. The summed E-state index contributed by atoms with van der Waals surface area (Å²) in [6.45, 7) is 0. The number of carbonyl (C=O) groups excluding carboxylic acids is 2. The lowest BCUT2D eigenvalue weighted by molar-refractivity contribution is -0.131. The molecule has 0 aromatic heterocycles. The summed E-state index contributed by atoms with van der Waals surface area (Å²) in [7, 11) is 0. The normalized spacial score (nSPS) is 36.3. The van der Waals surface area contributed by atoms with Gasteiger partial charge in [-0.05, 0) is 25.0 Å². The van der Waals surface area contributed by atoms with E-state index in [9.17, 15) is 9.59 Å². The maximum atomic E-state index is 11.6. The molecule has 1 saturated heterocycles. The summed E-state index contributed by atoms with van der Waals surface area (Å²) in [5.41, 5.74) is 0. The lowest BCUT2D eigenvalue weighted by Gasteiger charge is -2.29. The number of carbonyl (C=O) groups is 2. The van der Waals surface area contributed by atoms with Crippen molar-refractivity contribution in [3.05, 3.63) is 0 Å². The highest BCUT2D eigenvalue weighted by atomic mass is 32.2. The molecule has 12 heavy (non-hydrogen) atoms. The van der Waals surface area contributed by atoms with Crippen molar-refractivity contribution in [1.29, 1.82) is 0 Å². The van der Waals surface area contributed by atoms with Crippen molar-refractivity contribution in [2.45, 2.75) is 36.9 Å². The number of thioether (sulfide) groups is 1. The highest BCUT2D eigenvalue weighted by Gasteiger charge is 2.44. The van der Waals surface area contributed by atoms with Crippen molar-refractivity contribution in [2.75, 3.05) is 5.75 Å². The maximum absolute atomic E-state index is 11.6. The molecule has 0 aromatic carbocycles. The van der Waals surface area contributed by atoms with Crippen LogP contribution in [0.2, 0.25) is 0 Å². The quantitative estimate of drug-likeness (QED) is 0.536. The fourth-order valence-electron chi connectivity index (χ4n) is 2.02. The van der Waals surface area contributed by atoms with Crippen LogP contribution in [0.5, 0.6) is 0 Å². The van der Waals surface area contributed by atoms with Crippen molar-refractivity contribution in [3.63, 3.8) is 0 Å². The second-order valence-corrected chi connectivity index (χ2v) is 5.06. The van der Waals surface area contributed by atoms with Crippen molar-refractivity contribution in [1.82, 2.24) is 0 Å². The lowest BCUT2D eigenvalue weighted by Crippen LogP contribution is -2.38. The van der Waals surface area contributed by atoms with Crippen molar-refractivity contribution >= 4 is 23.3 Å². The van der Waals surface area contributed by atoms with Gasteiger partial charge in [0.25, 0.3) is 0 Å². The molecule has 0 amide bonds. The molecule has 0 aromatic rings. The molecule has 2 aliphatic rings. The molecule has 1 spiro atoms. The van der Waals surface area contributed by atoms with Gasteiger partial charge < -0.3 is 0 Å². The summed E-state index contributed by atoms with van der Waals surface area (Å²) >= 11 is 1.77. The summed E-state index contributed by atoms with van der Waals surface area (Å²) in [6, 6.07) is 0. The predicted octanol–water partition coefficient (Wildman–Crippen LogP) is 1.57. The van der Waals surface area contributed by atoms with E-state index in [0.717, 1.165) is 25.0 Å². The average Bonchev–Trinajstić information content (AvgIpc) is 2.48. The van der Waals surface area contributed by atoms with E-state index in [-0.39, 0.29) is 22.7 Å². The van der Waals surface area contributed by atoms with Gasteiger partial charge >= 0.3 is 0 Å². The Hall–Kier alpha value is -0.310. The first-order chi connectivity index (χ1) is 5.73. The Morgan fingerprint density at radius 1 is 1.25 bits per heavy atom. The van der Waals surface area contributed by atoms with Gasteiger partial charge in [0.2, 0.25) is 0 Å². The van der Waals surface area contributed by atoms with Crippen LogP contribution in [0.25, 0.3) is 0 Å². The van der Waals surface area contributed by atoms with Crippen LogP contribution in [-0.4, -0.2) is 22.1 Å². The molecule has 1 saturated carbocycles. The number of Topliss-reactive ketones (excluding diaryl/α,β-unsaturated/α-hetero) is 2. The van der Waals surface area contributed by atoms with Crippen LogP contribution in [0.3, 0.4) is 0 Å². The molecule has 0 radical (unpaired) electrons. The zero-order valence-corrected chi connectivity index (χ0v) is 7.78. The van der Waals surface area contributed by atoms with Crippen LogP contribution in [0.15, 0.2) is 0 Å². The average molecular weight is 184 g/mol. The first kappa shape index (κ1) is 8.30. The summed E-state index contributed by atoms with van der Waals surface area (Å²) in [5, 5.41) is 0. The molecule has 2 rings (SSSR count). The number of hydrogen-bond acceptors (Lipinski definition) is 3. The minimum absolute atomic E-state index is 0.131. The topological polar surface area (TPSA) is 34.1 Å². The van der Waals surface area contributed by atoms with Gasteiger partial charge in [0.15, 0.2) is 5.78 Å². The summed E-state index contributed by atoms with van der Waals surface area (Å²) in [4.78, 5) is 22.6.